The average Bonchev–Trinajstić information content (AvgIpc) is 3.87. The van der Waals surface area contributed by atoms with Crippen LogP contribution in [0.3, 0.4) is 0 Å². The van der Waals surface area contributed by atoms with E-state index in [1.165, 1.54) is 99.2 Å². The highest BCUT2D eigenvalue weighted by Gasteiger charge is 2.18. The van der Waals surface area contributed by atoms with Gasteiger partial charge in [0.05, 0.1) is 22.1 Å². The SMILES string of the molecule is c1ccc(-c2ccc(-c3ccc(-c4ccc(-n5c6ccccc6c6ccccc65)cc4)cc3-c3ccc(-n4c5ccccc5c5ccccc54)cc3)c(-c3ccccc3)c2)cc1. The van der Waals surface area contributed by atoms with Crippen LogP contribution in [0.4, 0.5) is 0 Å². The number of rotatable bonds is 7. The van der Waals surface area contributed by atoms with Crippen LogP contribution < -0.4 is 0 Å². The quantitative estimate of drug-likeness (QED) is 0.152. The van der Waals surface area contributed by atoms with E-state index < -0.39 is 0 Å². The summed E-state index contributed by atoms with van der Waals surface area (Å²) in [6.45, 7) is 0. The lowest BCUT2D eigenvalue weighted by Crippen LogP contribution is -1.95. The monoisotopic (exact) mass is 788 g/mol. The molecule has 2 aromatic heterocycles. The van der Waals surface area contributed by atoms with Crippen molar-refractivity contribution in [3.63, 3.8) is 0 Å². The molecule has 0 amide bonds. The summed E-state index contributed by atoms with van der Waals surface area (Å²) < 4.78 is 4.77. The van der Waals surface area contributed by atoms with Crippen LogP contribution in [0.25, 0.3) is 111 Å². The summed E-state index contributed by atoms with van der Waals surface area (Å²) >= 11 is 0. The first-order valence-corrected chi connectivity index (χ1v) is 21.3. The number of hydrogen-bond acceptors (Lipinski definition) is 0. The Kier molecular flexibility index (Phi) is 8.53. The minimum atomic E-state index is 1.14. The van der Waals surface area contributed by atoms with E-state index >= 15 is 0 Å². The maximum Gasteiger partial charge on any atom is 0.0541 e. The van der Waals surface area contributed by atoms with Crippen molar-refractivity contribution in [3.8, 4) is 67.0 Å². The number of hydrogen-bond donors (Lipinski definition) is 0. The van der Waals surface area contributed by atoms with Crippen LogP contribution in [-0.4, -0.2) is 9.13 Å². The maximum atomic E-state index is 2.39. The van der Waals surface area contributed by atoms with Gasteiger partial charge in [-0.3, -0.25) is 0 Å². The molecule has 0 aliphatic heterocycles. The second-order valence-electron chi connectivity index (χ2n) is 16.1. The normalized spacial score (nSPS) is 11.5. The summed E-state index contributed by atoms with van der Waals surface area (Å²) in [6, 6.07) is 88.5. The number of benzene rings is 10. The molecule has 12 rings (SSSR count). The molecule has 0 N–H and O–H groups in total. The fraction of sp³-hybridized carbons (Fsp3) is 0. The van der Waals surface area contributed by atoms with Crippen molar-refractivity contribution in [2.75, 3.05) is 0 Å². The highest BCUT2D eigenvalue weighted by molar-refractivity contribution is 6.10. The zero-order valence-electron chi connectivity index (χ0n) is 34.0. The van der Waals surface area contributed by atoms with Crippen LogP contribution in [0.15, 0.2) is 243 Å². The van der Waals surface area contributed by atoms with E-state index in [-0.39, 0.29) is 0 Å². The van der Waals surface area contributed by atoms with Gasteiger partial charge in [0.2, 0.25) is 0 Å². The summed E-state index contributed by atoms with van der Waals surface area (Å²) in [6.07, 6.45) is 0. The molecular weight excluding hydrogens is 749 g/mol. The molecule has 0 fully saturated rings. The summed E-state index contributed by atoms with van der Waals surface area (Å²) in [4.78, 5) is 0. The Morgan fingerprint density at radius 3 is 0.887 bits per heavy atom. The molecule has 0 atom stereocenters. The molecule has 62 heavy (non-hydrogen) atoms. The van der Waals surface area contributed by atoms with E-state index in [0.717, 1.165) is 11.4 Å². The van der Waals surface area contributed by atoms with Gasteiger partial charge < -0.3 is 9.13 Å². The number of aromatic nitrogens is 2. The second-order valence-corrected chi connectivity index (χ2v) is 16.1. The molecule has 2 nitrogen and oxygen atoms in total. The van der Waals surface area contributed by atoms with Gasteiger partial charge in [0.15, 0.2) is 0 Å². The van der Waals surface area contributed by atoms with Gasteiger partial charge in [-0.1, -0.05) is 182 Å². The molecule has 0 radical (unpaired) electrons. The Morgan fingerprint density at radius 1 is 0.194 bits per heavy atom. The second kappa shape index (κ2) is 14.8. The van der Waals surface area contributed by atoms with E-state index in [4.69, 9.17) is 0 Å². The molecule has 0 spiro atoms. The van der Waals surface area contributed by atoms with E-state index in [2.05, 4.69) is 252 Å². The molecule has 2 heterocycles. The van der Waals surface area contributed by atoms with Crippen LogP contribution in [-0.2, 0) is 0 Å². The largest absolute Gasteiger partial charge is 0.309 e. The maximum absolute atomic E-state index is 2.39. The van der Waals surface area contributed by atoms with Crippen LogP contribution in [0.2, 0.25) is 0 Å². The lowest BCUT2D eigenvalue weighted by molar-refractivity contribution is 1.18. The van der Waals surface area contributed by atoms with Crippen LogP contribution in [0, 0.1) is 0 Å². The molecule has 2 heteroatoms. The molecule has 10 aromatic carbocycles. The zero-order chi connectivity index (χ0) is 41.0. The van der Waals surface area contributed by atoms with Crippen LogP contribution in [0.5, 0.6) is 0 Å². The van der Waals surface area contributed by atoms with Gasteiger partial charge in [0.1, 0.15) is 0 Å². The average molecular weight is 789 g/mol. The first-order chi connectivity index (χ1) is 30.8. The first kappa shape index (κ1) is 35.7. The fourth-order valence-electron chi connectivity index (χ4n) is 9.64. The Balaban J connectivity index is 1.02. The predicted octanol–water partition coefficient (Wildman–Crippen LogP) is 16.2. The minimum absolute atomic E-state index is 1.14. The summed E-state index contributed by atoms with van der Waals surface area (Å²) in [5, 5.41) is 5.06. The lowest BCUT2D eigenvalue weighted by Gasteiger charge is -2.18. The van der Waals surface area contributed by atoms with Crippen molar-refractivity contribution >= 4 is 43.6 Å². The molecule has 12 aromatic rings. The Labute approximate surface area is 360 Å². The topological polar surface area (TPSA) is 9.86 Å². The van der Waals surface area contributed by atoms with Gasteiger partial charge in [0, 0.05) is 32.9 Å². The fourth-order valence-corrected chi connectivity index (χ4v) is 9.64. The lowest BCUT2D eigenvalue weighted by atomic mass is 9.86. The molecule has 0 aliphatic rings. The molecular formula is C60H40N2. The van der Waals surface area contributed by atoms with E-state index in [1.807, 2.05) is 0 Å². The van der Waals surface area contributed by atoms with Gasteiger partial charge in [-0.2, -0.15) is 0 Å². The van der Waals surface area contributed by atoms with Crippen molar-refractivity contribution in [3.05, 3.63) is 243 Å². The van der Waals surface area contributed by atoms with E-state index in [0.29, 0.717) is 0 Å². The van der Waals surface area contributed by atoms with Gasteiger partial charge in [-0.15, -0.1) is 0 Å². The number of para-hydroxylation sites is 4. The van der Waals surface area contributed by atoms with Gasteiger partial charge in [-0.05, 0) is 116 Å². The van der Waals surface area contributed by atoms with Crippen LogP contribution >= 0.6 is 0 Å². The highest BCUT2D eigenvalue weighted by atomic mass is 15.0. The number of nitrogens with zero attached hydrogens (tertiary/aromatic N) is 2. The van der Waals surface area contributed by atoms with Crippen molar-refractivity contribution in [1.82, 2.24) is 9.13 Å². The summed E-state index contributed by atoms with van der Waals surface area (Å²) in [5.74, 6) is 0. The third-order valence-electron chi connectivity index (χ3n) is 12.6. The van der Waals surface area contributed by atoms with Gasteiger partial charge >= 0.3 is 0 Å². The summed E-state index contributed by atoms with van der Waals surface area (Å²) in [7, 11) is 0. The summed E-state index contributed by atoms with van der Waals surface area (Å²) in [5.41, 5.74) is 19.0. The van der Waals surface area contributed by atoms with Crippen molar-refractivity contribution in [2.24, 2.45) is 0 Å². The van der Waals surface area contributed by atoms with Gasteiger partial charge in [0.25, 0.3) is 0 Å². The molecule has 0 saturated heterocycles. The molecule has 0 aliphatic carbocycles. The van der Waals surface area contributed by atoms with E-state index in [9.17, 15) is 0 Å². The minimum Gasteiger partial charge on any atom is -0.309 e. The first-order valence-electron chi connectivity index (χ1n) is 21.3. The van der Waals surface area contributed by atoms with E-state index in [1.54, 1.807) is 0 Å². The third kappa shape index (κ3) is 5.96. The molecule has 0 saturated carbocycles. The Bertz CT molecular complexity index is 3490. The van der Waals surface area contributed by atoms with Gasteiger partial charge in [-0.25, -0.2) is 0 Å². The third-order valence-corrected chi connectivity index (χ3v) is 12.6. The standard InChI is InChI=1S/C60H40N2/c1-3-15-41(16-4-1)45-31-37-49(55(39-45)43-17-5-2-6-18-43)50-38-32-46(42-27-33-47(34-28-42)61-57-23-11-7-19-51(57)52-20-8-12-24-58(52)61)40-56(50)44-29-35-48(36-30-44)62-59-25-13-9-21-53(59)54-22-10-14-26-60(54)62/h1-40H. The Hall–Kier alpha value is -8.20. The Morgan fingerprint density at radius 2 is 0.484 bits per heavy atom. The highest BCUT2D eigenvalue weighted by Crippen LogP contribution is 2.43. The predicted molar refractivity (Wildman–Crippen MR) is 262 cm³/mol. The van der Waals surface area contributed by atoms with Crippen molar-refractivity contribution in [1.29, 1.82) is 0 Å². The smallest absolute Gasteiger partial charge is 0.0541 e. The van der Waals surface area contributed by atoms with Crippen molar-refractivity contribution in [2.45, 2.75) is 0 Å². The molecule has 0 bridgehead atoms. The van der Waals surface area contributed by atoms with Crippen molar-refractivity contribution < 1.29 is 0 Å². The van der Waals surface area contributed by atoms with Crippen LogP contribution in [0.1, 0.15) is 0 Å². The number of fused-ring (bicyclic) bond motifs is 6. The molecule has 0 unspecified atom stereocenters. The molecule has 290 valence electrons. The zero-order valence-corrected chi connectivity index (χ0v) is 34.0.